The van der Waals surface area contributed by atoms with Crippen molar-refractivity contribution in [2.45, 2.75) is 6.42 Å². The first-order valence-electron chi connectivity index (χ1n) is 3.97. The van der Waals surface area contributed by atoms with Crippen molar-refractivity contribution in [3.8, 4) is 0 Å². The normalized spacial score (nSPS) is 10.4. The van der Waals surface area contributed by atoms with Gasteiger partial charge in [-0.2, -0.15) is 4.98 Å². The molecule has 0 bridgehead atoms. The molecule has 0 saturated carbocycles. The number of halogens is 2. The average molecular weight is 257 g/mol. The zero-order valence-electron chi connectivity index (χ0n) is 7.08. The molecular weight excluding hydrogens is 251 g/mol. The maximum Gasteiger partial charge on any atom is 0.238 e. The van der Waals surface area contributed by atoms with E-state index in [-0.39, 0.29) is 5.82 Å². The van der Waals surface area contributed by atoms with Gasteiger partial charge in [-0.05, 0) is 32.7 Å². The SMILES string of the molecule is Fc1ccccc1Cc1nc(Br)no1. The van der Waals surface area contributed by atoms with Crippen LogP contribution in [0.4, 0.5) is 4.39 Å². The molecule has 0 radical (unpaired) electrons. The Labute approximate surface area is 88.1 Å². The largest absolute Gasteiger partial charge is 0.338 e. The van der Waals surface area contributed by atoms with Crippen LogP contribution in [-0.4, -0.2) is 10.1 Å². The number of hydrogen-bond donors (Lipinski definition) is 0. The van der Waals surface area contributed by atoms with Crippen LogP contribution < -0.4 is 0 Å². The Kier molecular flexibility index (Phi) is 2.58. The summed E-state index contributed by atoms with van der Waals surface area (Å²) in [5.41, 5.74) is 0.545. The lowest BCUT2D eigenvalue weighted by molar-refractivity contribution is 0.380. The fourth-order valence-corrected chi connectivity index (χ4v) is 1.38. The predicted molar refractivity (Wildman–Crippen MR) is 51.2 cm³/mol. The summed E-state index contributed by atoms with van der Waals surface area (Å²) in [5, 5.41) is 3.55. The highest BCUT2D eigenvalue weighted by Crippen LogP contribution is 2.12. The zero-order chi connectivity index (χ0) is 9.97. The summed E-state index contributed by atoms with van der Waals surface area (Å²) >= 11 is 3.05. The topological polar surface area (TPSA) is 38.9 Å². The molecule has 0 aliphatic heterocycles. The summed E-state index contributed by atoms with van der Waals surface area (Å²) in [6, 6.07) is 6.50. The van der Waals surface area contributed by atoms with Crippen LogP contribution in [0, 0.1) is 5.82 Å². The highest BCUT2D eigenvalue weighted by atomic mass is 79.9. The molecule has 72 valence electrons. The van der Waals surface area contributed by atoms with Crippen LogP contribution in [0.1, 0.15) is 11.5 Å². The Bertz CT molecular complexity index is 444. The molecule has 1 aromatic carbocycles. The van der Waals surface area contributed by atoms with Gasteiger partial charge in [0.2, 0.25) is 10.6 Å². The van der Waals surface area contributed by atoms with Gasteiger partial charge >= 0.3 is 0 Å². The summed E-state index contributed by atoms with van der Waals surface area (Å²) in [5.74, 6) is 0.129. The van der Waals surface area contributed by atoms with Gasteiger partial charge in [0.25, 0.3) is 0 Å². The minimum absolute atomic E-state index is 0.262. The van der Waals surface area contributed by atoms with Gasteiger partial charge in [-0.15, -0.1) is 0 Å². The fraction of sp³-hybridized carbons (Fsp3) is 0.111. The second kappa shape index (κ2) is 3.88. The maximum atomic E-state index is 13.2. The quantitative estimate of drug-likeness (QED) is 0.829. The fourth-order valence-electron chi connectivity index (χ4n) is 1.11. The van der Waals surface area contributed by atoms with E-state index in [1.54, 1.807) is 18.2 Å². The van der Waals surface area contributed by atoms with Crippen molar-refractivity contribution in [2.75, 3.05) is 0 Å². The molecule has 0 atom stereocenters. The van der Waals surface area contributed by atoms with Crippen LogP contribution in [0.25, 0.3) is 0 Å². The monoisotopic (exact) mass is 256 g/mol. The van der Waals surface area contributed by atoms with Gasteiger partial charge in [-0.25, -0.2) is 4.39 Å². The number of benzene rings is 1. The molecule has 0 N–H and O–H groups in total. The molecule has 0 aliphatic rings. The van der Waals surface area contributed by atoms with Crippen molar-refractivity contribution >= 4 is 15.9 Å². The number of hydrogen-bond acceptors (Lipinski definition) is 3. The van der Waals surface area contributed by atoms with E-state index in [1.807, 2.05) is 0 Å². The first-order chi connectivity index (χ1) is 6.75. The molecule has 0 aliphatic carbocycles. The summed E-state index contributed by atoms with van der Waals surface area (Å²) in [6.45, 7) is 0. The third-order valence-electron chi connectivity index (χ3n) is 1.74. The van der Waals surface area contributed by atoms with Gasteiger partial charge in [0.15, 0.2) is 0 Å². The molecule has 5 heteroatoms. The summed E-state index contributed by atoms with van der Waals surface area (Å²) in [7, 11) is 0. The molecule has 1 heterocycles. The first-order valence-corrected chi connectivity index (χ1v) is 4.76. The van der Waals surface area contributed by atoms with Crippen molar-refractivity contribution in [1.82, 2.24) is 10.1 Å². The molecule has 2 aromatic rings. The van der Waals surface area contributed by atoms with Gasteiger partial charge in [-0.3, -0.25) is 0 Å². The van der Waals surface area contributed by atoms with Crippen LogP contribution >= 0.6 is 15.9 Å². The number of aromatic nitrogens is 2. The smallest absolute Gasteiger partial charge is 0.238 e. The van der Waals surface area contributed by atoms with Crippen molar-refractivity contribution < 1.29 is 8.91 Å². The second-order valence-corrected chi connectivity index (χ2v) is 3.43. The summed E-state index contributed by atoms with van der Waals surface area (Å²) in [4.78, 5) is 3.92. The van der Waals surface area contributed by atoms with Gasteiger partial charge in [-0.1, -0.05) is 18.2 Å². The van der Waals surface area contributed by atoms with E-state index in [4.69, 9.17) is 4.52 Å². The van der Waals surface area contributed by atoms with Gasteiger partial charge in [0, 0.05) is 0 Å². The Balaban J connectivity index is 2.23. The molecule has 0 fully saturated rings. The van der Waals surface area contributed by atoms with E-state index >= 15 is 0 Å². The number of rotatable bonds is 2. The third-order valence-corrected chi connectivity index (χ3v) is 2.06. The van der Waals surface area contributed by atoms with Crippen LogP contribution in [0.2, 0.25) is 0 Å². The van der Waals surface area contributed by atoms with Crippen molar-refractivity contribution in [3.05, 3.63) is 46.3 Å². The second-order valence-electron chi connectivity index (χ2n) is 2.73. The minimum Gasteiger partial charge on any atom is -0.338 e. The van der Waals surface area contributed by atoms with Crippen LogP contribution in [0.15, 0.2) is 33.5 Å². The highest BCUT2D eigenvalue weighted by Gasteiger charge is 2.07. The molecule has 3 nitrogen and oxygen atoms in total. The average Bonchev–Trinajstić information content (AvgIpc) is 2.56. The molecule has 0 unspecified atom stereocenters. The zero-order valence-corrected chi connectivity index (χ0v) is 8.66. The van der Waals surface area contributed by atoms with E-state index in [1.165, 1.54) is 6.07 Å². The minimum atomic E-state index is -0.262. The lowest BCUT2D eigenvalue weighted by Crippen LogP contribution is -1.91. The Morgan fingerprint density at radius 2 is 2.14 bits per heavy atom. The van der Waals surface area contributed by atoms with Gasteiger partial charge < -0.3 is 4.52 Å². The van der Waals surface area contributed by atoms with Crippen molar-refractivity contribution in [1.29, 1.82) is 0 Å². The van der Waals surface area contributed by atoms with Gasteiger partial charge in [0.05, 0.1) is 6.42 Å². The molecule has 0 amide bonds. The van der Waals surface area contributed by atoms with E-state index in [9.17, 15) is 4.39 Å². The Morgan fingerprint density at radius 3 is 2.79 bits per heavy atom. The molecule has 2 rings (SSSR count). The van der Waals surface area contributed by atoms with Crippen molar-refractivity contribution in [2.24, 2.45) is 0 Å². The molecular formula is C9H6BrFN2O. The number of nitrogens with zero attached hydrogens (tertiary/aromatic N) is 2. The van der Waals surface area contributed by atoms with Crippen LogP contribution in [0.5, 0.6) is 0 Å². The summed E-state index contributed by atoms with van der Waals surface area (Å²) in [6.07, 6.45) is 0.311. The Hall–Kier alpha value is -1.23. The van der Waals surface area contributed by atoms with Crippen LogP contribution in [-0.2, 0) is 6.42 Å². The predicted octanol–water partition coefficient (Wildman–Crippen LogP) is 2.56. The molecule has 0 spiro atoms. The third kappa shape index (κ3) is 1.98. The molecule has 14 heavy (non-hydrogen) atoms. The molecule has 0 saturated heterocycles. The van der Waals surface area contributed by atoms with E-state index in [0.717, 1.165) is 0 Å². The van der Waals surface area contributed by atoms with E-state index in [2.05, 4.69) is 26.1 Å². The van der Waals surface area contributed by atoms with Crippen molar-refractivity contribution in [3.63, 3.8) is 0 Å². The Morgan fingerprint density at radius 1 is 1.36 bits per heavy atom. The van der Waals surface area contributed by atoms with Gasteiger partial charge in [0.1, 0.15) is 5.82 Å². The van der Waals surface area contributed by atoms with E-state index < -0.39 is 0 Å². The first kappa shape index (κ1) is 9.33. The molecule has 1 aromatic heterocycles. The maximum absolute atomic E-state index is 13.2. The summed E-state index contributed by atoms with van der Waals surface area (Å²) < 4.78 is 18.4. The highest BCUT2D eigenvalue weighted by molar-refractivity contribution is 9.10. The lowest BCUT2D eigenvalue weighted by Gasteiger charge is -1.97. The lowest BCUT2D eigenvalue weighted by atomic mass is 10.1. The standard InChI is InChI=1S/C9H6BrFN2O/c10-9-12-8(14-13-9)5-6-3-1-2-4-7(6)11/h1-4H,5H2. The van der Waals surface area contributed by atoms with E-state index in [0.29, 0.717) is 22.6 Å². The van der Waals surface area contributed by atoms with Crippen LogP contribution in [0.3, 0.4) is 0 Å².